The third-order valence-electron chi connectivity index (χ3n) is 4.94. The van der Waals surface area contributed by atoms with Gasteiger partial charge in [0.05, 0.1) is 0 Å². The van der Waals surface area contributed by atoms with Crippen LogP contribution in [0, 0.1) is 0 Å². The number of carbonyl (C=O) groups is 1. The molecule has 1 N–H and O–H groups in total. The molecule has 0 heterocycles. The van der Waals surface area contributed by atoms with E-state index in [1.165, 1.54) is 11.1 Å². The molecule has 28 heavy (non-hydrogen) atoms. The highest BCUT2D eigenvalue weighted by molar-refractivity contribution is 5.91. The molecule has 0 unspecified atom stereocenters. The van der Waals surface area contributed by atoms with E-state index in [4.69, 9.17) is 4.74 Å². The molecule has 0 aliphatic rings. The van der Waals surface area contributed by atoms with Crippen molar-refractivity contribution < 1.29 is 9.53 Å². The third-order valence-corrected chi connectivity index (χ3v) is 4.94. The number of hydrogen-bond acceptors (Lipinski definition) is 2. The van der Waals surface area contributed by atoms with Gasteiger partial charge in [-0.15, -0.1) is 0 Å². The van der Waals surface area contributed by atoms with Crippen molar-refractivity contribution in [2.24, 2.45) is 0 Å². The Bertz CT molecular complexity index is 888. The minimum atomic E-state index is -0.161. The van der Waals surface area contributed by atoms with Gasteiger partial charge in [0.15, 0.2) is 6.61 Å². The van der Waals surface area contributed by atoms with Gasteiger partial charge in [0, 0.05) is 12.1 Å². The first-order valence-corrected chi connectivity index (χ1v) is 9.80. The number of ether oxygens (including phenoxy) is 1. The minimum absolute atomic E-state index is 0.0150. The van der Waals surface area contributed by atoms with Gasteiger partial charge < -0.3 is 10.1 Å². The summed E-state index contributed by atoms with van der Waals surface area (Å²) in [5, 5.41) is 2.90. The van der Waals surface area contributed by atoms with E-state index >= 15 is 0 Å². The molecule has 1 amide bonds. The molecule has 0 fully saturated rings. The van der Waals surface area contributed by atoms with Crippen molar-refractivity contribution in [2.45, 2.75) is 32.6 Å². The normalized spacial score (nSPS) is 11.6. The van der Waals surface area contributed by atoms with Crippen molar-refractivity contribution in [3.63, 3.8) is 0 Å². The van der Waals surface area contributed by atoms with E-state index in [1.807, 2.05) is 54.6 Å². The third kappa shape index (κ3) is 5.46. The fourth-order valence-electron chi connectivity index (χ4n) is 3.08. The molecule has 3 nitrogen and oxygen atoms in total. The van der Waals surface area contributed by atoms with Crippen LogP contribution in [-0.2, 0) is 11.2 Å². The van der Waals surface area contributed by atoms with Gasteiger partial charge >= 0.3 is 0 Å². The standard InChI is InChI=1S/C25H27NO2/c1-3-19(2)21-13-15-23(16-14-21)26-25(27)18-28-24-12-8-7-11-22(24)17-20-9-5-4-6-10-20/h4-16,19H,3,17-18H2,1-2H3,(H,26,27)/t19-/m1/s1. The topological polar surface area (TPSA) is 38.3 Å². The maximum absolute atomic E-state index is 12.3. The summed E-state index contributed by atoms with van der Waals surface area (Å²) in [5.74, 6) is 1.11. The van der Waals surface area contributed by atoms with Gasteiger partial charge in [-0.05, 0) is 47.2 Å². The summed E-state index contributed by atoms with van der Waals surface area (Å²) in [6.07, 6.45) is 1.87. The molecule has 0 radical (unpaired) electrons. The van der Waals surface area contributed by atoms with E-state index in [-0.39, 0.29) is 12.5 Å². The summed E-state index contributed by atoms with van der Waals surface area (Å²) in [7, 11) is 0. The predicted molar refractivity (Wildman–Crippen MR) is 115 cm³/mol. The number of benzene rings is 3. The van der Waals surface area contributed by atoms with Crippen molar-refractivity contribution >= 4 is 11.6 Å². The molecular formula is C25H27NO2. The van der Waals surface area contributed by atoms with Crippen LogP contribution in [0.2, 0.25) is 0 Å². The van der Waals surface area contributed by atoms with Gasteiger partial charge in [0.25, 0.3) is 5.91 Å². The Hall–Kier alpha value is -3.07. The molecule has 0 bridgehead atoms. The van der Waals surface area contributed by atoms with E-state index in [9.17, 15) is 4.79 Å². The number of carbonyl (C=O) groups excluding carboxylic acids is 1. The van der Waals surface area contributed by atoms with Crippen LogP contribution in [0.1, 0.15) is 42.9 Å². The van der Waals surface area contributed by atoms with Crippen LogP contribution < -0.4 is 10.1 Å². The first kappa shape index (κ1) is 19.7. The van der Waals surface area contributed by atoms with Gasteiger partial charge in [-0.2, -0.15) is 0 Å². The Balaban J connectivity index is 1.57. The van der Waals surface area contributed by atoms with Crippen molar-refractivity contribution in [3.8, 4) is 5.75 Å². The van der Waals surface area contributed by atoms with Crippen molar-refractivity contribution in [2.75, 3.05) is 11.9 Å². The average Bonchev–Trinajstić information content (AvgIpc) is 2.74. The van der Waals surface area contributed by atoms with E-state index in [0.717, 1.165) is 29.8 Å². The highest BCUT2D eigenvalue weighted by Crippen LogP contribution is 2.22. The number of rotatable bonds is 8. The summed E-state index contributed by atoms with van der Waals surface area (Å²) in [6, 6.07) is 26.1. The summed E-state index contributed by atoms with van der Waals surface area (Å²) >= 11 is 0. The monoisotopic (exact) mass is 373 g/mol. The second-order valence-corrected chi connectivity index (χ2v) is 7.04. The van der Waals surface area contributed by atoms with Gasteiger partial charge in [0.1, 0.15) is 5.75 Å². The van der Waals surface area contributed by atoms with Gasteiger partial charge in [0.2, 0.25) is 0 Å². The van der Waals surface area contributed by atoms with Gasteiger partial charge in [-0.3, -0.25) is 4.79 Å². The molecule has 0 aliphatic heterocycles. The molecule has 0 saturated heterocycles. The van der Waals surface area contributed by atoms with Crippen molar-refractivity contribution in [1.82, 2.24) is 0 Å². The molecule has 0 spiro atoms. The fourth-order valence-corrected chi connectivity index (χ4v) is 3.08. The second kappa shape index (κ2) is 9.75. The van der Waals surface area contributed by atoms with E-state index in [0.29, 0.717) is 5.92 Å². The predicted octanol–water partition coefficient (Wildman–Crippen LogP) is 5.81. The van der Waals surface area contributed by atoms with Crippen LogP contribution in [0.4, 0.5) is 5.69 Å². The number of nitrogens with one attached hydrogen (secondary N) is 1. The zero-order valence-electron chi connectivity index (χ0n) is 16.5. The van der Waals surface area contributed by atoms with Crippen molar-refractivity contribution in [1.29, 1.82) is 0 Å². The zero-order chi connectivity index (χ0) is 19.8. The lowest BCUT2D eigenvalue weighted by atomic mass is 9.99. The Morgan fingerprint density at radius 1 is 0.929 bits per heavy atom. The summed E-state index contributed by atoms with van der Waals surface area (Å²) in [5.41, 5.74) is 4.36. The van der Waals surface area contributed by atoms with Crippen LogP contribution in [-0.4, -0.2) is 12.5 Å². The molecule has 0 aromatic heterocycles. The molecule has 0 saturated carbocycles. The number of amides is 1. The molecule has 3 aromatic rings. The van der Waals surface area contributed by atoms with E-state index < -0.39 is 0 Å². The quantitative estimate of drug-likeness (QED) is 0.541. The molecule has 0 aliphatic carbocycles. The molecular weight excluding hydrogens is 346 g/mol. The molecule has 3 rings (SSSR count). The van der Waals surface area contributed by atoms with Gasteiger partial charge in [-0.25, -0.2) is 0 Å². The largest absolute Gasteiger partial charge is 0.483 e. The van der Waals surface area contributed by atoms with Crippen molar-refractivity contribution in [3.05, 3.63) is 95.6 Å². The second-order valence-electron chi connectivity index (χ2n) is 7.04. The fraction of sp³-hybridized carbons (Fsp3) is 0.240. The number of anilines is 1. The van der Waals surface area contributed by atoms with E-state index in [2.05, 4.69) is 43.4 Å². The first-order valence-electron chi connectivity index (χ1n) is 9.80. The van der Waals surface area contributed by atoms with Gasteiger partial charge in [-0.1, -0.05) is 74.5 Å². The highest BCUT2D eigenvalue weighted by atomic mass is 16.5. The average molecular weight is 373 g/mol. The molecule has 3 aromatic carbocycles. The Morgan fingerprint density at radius 3 is 2.32 bits per heavy atom. The Morgan fingerprint density at radius 2 is 1.61 bits per heavy atom. The summed E-state index contributed by atoms with van der Waals surface area (Å²) < 4.78 is 5.81. The maximum Gasteiger partial charge on any atom is 0.262 e. The highest BCUT2D eigenvalue weighted by Gasteiger charge is 2.09. The lowest BCUT2D eigenvalue weighted by Gasteiger charge is -2.13. The lowest BCUT2D eigenvalue weighted by molar-refractivity contribution is -0.118. The first-order chi connectivity index (χ1) is 13.7. The Kier molecular flexibility index (Phi) is 6.85. The molecule has 144 valence electrons. The molecule has 1 atom stereocenters. The SMILES string of the molecule is CC[C@@H](C)c1ccc(NC(=O)COc2ccccc2Cc2ccccc2)cc1. The van der Waals surface area contributed by atoms with E-state index in [1.54, 1.807) is 0 Å². The summed E-state index contributed by atoms with van der Waals surface area (Å²) in [4.78, 5) is 12.3. The number of para-hydroxylation sites is 1. The van der Waals surface area contributed by atoms with Crippen LogP contribution >= 0.6 is 0 Å². The lowest BCUT2D eigenvalue weighted by Crippen LogP contribution is -2.20. The Labute approximate surface area is 167 Å². The number of hydrogen-bond donors (Lipinski definition) is 1. The zero-order valence-corrected chi connectivity index (χ0v) is 16.5. The molecule has 3 heteroatoms. The smallest absolute Gasteiger partial charge is 0.262 e. The van der Waals surface area contributed by atoms with Crippen LogP contribution in [0.15, 0.2) is 78.9 Å². The summed E-state index contributed by atoms with van der Waals surface area (Å²) in [6.45, 7) is 4.36. The minimum Gasteiger partial charge on any atom is -0.483 e. The van der Waals surface area contributed by atoms with Crippen LogP contribution in [0.3, 0.4) is 0 Å². The van der Waals surface area contributed by atoms with Crippen LogP contribution in [0.5, 0.6) is 5.75 Å². The van der Waals surface area contributed by atoms with Crippen LogP contribution in [0.25, 0.3) is 0 Å². The maximum atomic E-state index is 12.3.